The van der Waals surface area contributed by atoms with Gasteiger partial charge in [0.25, 0.3) is 0 Å². The molecule has 1 atom stereocenters. The van der Waals surface area contributed by atoms with E-state index in [1.165, 1.54) is 10.9 Å². The van der Waals surface area contributed by atoms with Gasteiger partial charge in [-0.1, -0.05) is 6.92 Å². The average molecular weight is 281 g/mol. The fourth-order valence-corrected chi connectivity index (χ4v) is 3.03. The van der Waals surface area contributed by atoms with Crippen molar-refractivity contribution in [3.63, 3.8) is 0 Å². The molecule has 4 heteroatoms. The van der Waals surface area contributed by atoms with Crippen molar-refractivity contribution in [3.05, 3.63) is 56.8 Å². The molecule has 2 rings (SSSR count). The van der Waals surface area contributed by atoms with E-state index < -0.39 is 17.7 Å². The lowest BCUT2D eigenvalue weighted by atomic mass is 10.0. The first kappa shape index (κ1) is 14.2. The molecule has 102 valence electrons. The van der Waals surface area contributed by atoms with Gasteiger partial charge >= 0.3 is 0 Å². The molecule has 0 saturated heterocycles. The van der Waals surface area contributed by atoms with Gasteiger partial charge in [0.2, 0.25) is 0 Å². The first-order valence-electron chi connectivity index (χ1n) is 6.30. The van der Waals surface area contributed by atoms with Gasteiger partial charge in [0, 0.05) is 33.8 Å². The largest absolute Gasteiger partial charge is 0.324 e. The molecule has 1 aromatic heterocycles. The average Bonchev–Trinajstić information content (AvgIpc) is 2.81. The second-order valence-electron chi connectivity index (χ2n) is 4.66. The molecule has 0 amide bonds. The van der Waals surface area contributed by atoms with E-state index in [2.05, 4.69) is 13.0 Å². The molecule has 2 N–H and O–H groups in total. The minimum absolute atomic E-state index is 0.380. The minimum atomic E-state index is -0.567. The number of rotatable bonds is 4. The van der Waals surface area contributed by atoms with E-state index in [0.717, 1.165) is 17.4 Å². The number of thiophene rings is 1. The SMILES string of the molecule is CCc1ccc(CC(N)c2cc(C)c(F)cc2F)s1. The predicted molar refractivity (Wildman–Crippen MR) is 75.4 cm³/mol. The molecule has 0 aliphatic heterocycles. The van der Waals surface area contributed by atoms with Crippen LogP contribution < -0.4 is 5.73 Å². The molecule has 1 heterocycles. The lowest BCUT2D eigenvalue weighted by Crippen LogP contribution is -2.15. The Morgan fingerprint density at radius 3 is 2.47 bits per heavy atom. The Labute approximate surface area is 116 Å². The van der Waals surface area contributed by atoms with E-state index in [1.807, 2.05) is 6.07 Å². The van der Waals surface area contributed by atoms with E-state index in [1.54, 1.807) is 18.3 Å². The Balaban J connectivity index is 2.19. The van der Waals surface area contributed by atoms with Gasteiger partial charge in [-0.05, 0) is 37.1 Å². The summed E-state index contributed by atoms with van der Waals surface area (Å²) in [5, 5.41) is 0. The van der Waals surface area contributed by atoms with Crippen LogP contribution in [0.15, 0.2) is 24.3 Å². The molecule has 1 unspecified atom stereocenters. The topological polar surface area (TPSA) is 26.0 Å². The van der Waals surface area contributed by atoms with Crippen LogP contribution in [0.4, 0.5) is 8.78 Å². The molecule has 1 nitrogen and oxygen atoms in total. The Bertz CT molecular complexity index is 578. The summed E-state index contributed by atoms with van der Waals surface area (Å²) in [6.07, 6.45) is 1.57. The number of aryl methyl sites for hydroxylation is 2. The van der Waals surface area contributed by atoms with E-state index in [9.17, 15) is 8.78 Å². The van der Waals surface area contributed by atoms with E-state index in [0.29, 0.717) is 17.5 Å². The number of hydrogen-bond acceptors (Lipinski definition) is 2. The van der Waals surface area contributed by atoms with Gasteiger partial charge in [0.15, 0.2) is 0 Å². The molecule has 0 spiro atoms. The van der Waals surface area contributed by atoms with Crippen LogP contribution in [-0.2, 0) is 12.8 Å². The predicted octanol–water partition coefficient (Wildman–Crippen LogP) is 4.14. The molecule has 1 aromatic carbocycles. The Kier molecular flexibility index (Phi) is 4.32. The maximum absolute atomic E-state index is 13.7. The lowest BCUT2D eigenvalue weighted by Gasteiger charge is -2.13. The first-order chi connectivity index (χ1) is 9.01. The van der Waals surface area contributed by atoms with Crippen LogP contribution in [-0.4, -0.2) is 0 Å². The third-order valence-electron chi connectivity index (χ3n) is 3.16. The van der Waals surface area contributed by atoms with Gasteiger partial charge in [0.1, 0.15) is 11.6 Å². The molecular formula is C15H17F2NS. The number of nitrogens with two attached hydrogens (primary N) is 1. The summed E-state index contributed by atoms with van der Waals surface area (Å²) in [7, 11) is 0. The highest BCUT2D eigenvalue weighted by atomic mass is 32.1. The normalized spacial score (nSPS) is 12.7. The Morgan fingerprint density at radius 2 is 1.84 bits per heavy atom. The van der Waals surface area contributed by atoms with Crippen LogP contribution in [0.25, 0.3) is 0 Å². The summed E-state index contributed by atoms with van der Waals surface area (Å²) >= 11 is 1.69. The van der Waals surface area contributed by atoms with Crippen molar-refractivity contribution in [2.75, 3.05) is 0 Å². The van der Waals surface area contributed by atoms with Gasteiger partial charge in [-0.15, -0.1) is 11.3 Å². The molecule has 19 heavy (non-hydrogen) atoms. The van der Waals surface area contributed by atoms with E-state index in [4.69, 9.17) is 5.73 Å². The van der Waals surface area contributed by atoms with Gasteiger partial charge in [-0.2, -0.15) is 0 Å². The summed E-state index contributed by atoms with van der Waals surface area (Å²) in [4.78, 5) is 2.42. The maximum Gasteiger partial charge on any atom is 0.130 e. The second kappa shape index (κ2) is 5.80. The van der Waals surface area contributed by atoms with Crippen LogP contribution in [0.1, 0.15) is 33.8 Å². The van der Waals surface area contributed by atoms with Gasteiger partial charge in [-0.25, -0.2) is 8.78 Å². The third kappa shape index (κ3) is 3.19. The zero-order chi connectivity index (χ0) is 14.0. The highest BCUT2D eigenvalue weighted by Crippen LogP contribution is 2.25. The van der Waals surface area contributed by atoms with Gasteiger partial charge in [-0.3, -0.25) is 0 Å². The fraction of sp³-hybridized carbons (Fsp3) is 0.333. The van der Waals surface area contributed by atoms with Crippen LogP contribution >= 0.6 is 11.3 Å². The van der Waals surface area contributed by atoms with Crippen LogP contribution in [0.2, 0.25) is 0 Å². The fourth-order valence-electron chi connectivity index (χ4n) is 2.01. The van der Waals surface area contributed by atoms with Crippen molar-refractivity contribution in [2.45, 2.75) is 32.7 Å². The second-order valence-corrected chi connectivity index (χ2v) is 5.91. The quantitative estimate of drug-likeness (QED) is 0.895. The molecule has 2 aromatic rings. The van der Waals surface area contributed by atoms with E-state index >= 15 is 0 Å². The van der Waals surface area contributed by atoms with Crippen molar-refractivity contribution in [2.24, 2.45) is 5.73 Å². The van der Waals surface area contributed by atoms with Crippen LogP contribution in [0.3, 0.4) is 0 Å². The Hall–Kier alpha value is -1.26. The Morgan fingerprint density at radius 1 is 1.16 bits per heavy atom. The number of hydrogen-bond donors (Lipinski definition) is 1. The highest BCUT2D eigenvalue weighted by Gasteiger charge is 2.15. The number of halogens is 2. The van der Waals surface area contributed by atoms with Gasteiger partial charge < -0.3 is 5.73 Å². The van der Waals surface area contributed by atoms with Crippen molar-refractivity contribution >= 4 is 11.3 Å². The molecule has 0 aliphatic carbocycles. The molecule has 0 bridgehead atoms. The summed E-state index contributed by atoms with van der Waals surface area (Å²) in [5.74, 6) is -1.10. The van der Waals surface area contributed by atoms with Crippen molar-refractivity contribution in [1.29, 1.82) is 0 Å². The van der Waals surface area contributed by atoms with Crippen molar-refractivity contribution in [3.8, 4) is 0 Å². The smallest absolute Gasteiger partial charge is 0.130 e. The third-order valence-corrected chi connectivity index (χ3v) is 4.42. The van der Waals surface area contributed by atoms with Crippen molar-refractivity contribution < 1.29 is 8.78 Å². The maximum atomic E-state index is 13.7. The number of benzene rings is 1. The standard InChI is InChI=1S/C15H17F2NS/c1-3-10-4-5-11(19-10)7-15(18)12-6-9(2)13(16)8-14(12)17/h4-6,8,15H,3,7,18H2,1-2H3. The van der Waals surface area contributed by atoms with Crippen LogP contribution in [0.5, 0.6) is 0 Å². The lowest BCUT2D eigenvalue weighted by molar-refractivity contribution is 0.550. The molecule has 0 radical (unpaired) electrons. The summed E-state index contributed by atoms with van der Waals surface area (Å²) < 4.78 is 27.0. The summed E-state index contributed by atoms with van der Waals surface area (Å²) in [6.45, 7) is 3.71. The molecule has 0 aliphatic rings. The van der Waals surface area contributed by atoms with E-state index in [-0.39, 0.29) is 0 Å². The highest BCUT2D eigenvalue weighted by molar-refractivity contribution is 7.11. The first-order valence-corrected chi connectivity index (χ1v) is 7.11. The van der Waals surface area contributed by atoms with Gasteiger partial charge in [0.05, 0.1) is 0 Å². The van der Waals surface area contributed by atoms with Crippen LogP contribution in [0, 0.1) is 18.6 Å². The minimum Gasteiger partial charge on any atom is -0.324 e. The zero-order valence-corrected chi connectivity index (χ0v) is 11.9. The molecule has 0 saturated carbocycles. The summed E-state index contributed by atoms with van der Waals surface area (Å²) in [6, 6.07) is 6.07. The molecular weight excluding hydrogens is 264 g/mol. The summed E-state index contributed by atoms with van der Waals surface area (Å²) in [5.41, 5.74) is 6.85. The zero-order valence-electron chi connectivity index (χ0n) is 11.0. The van der Waals surface area contributed by atoms with Crippen molar-refractivity contribution in [1.82, 2.24) is 0 Å². The monoisotopic (exact) mass is 281 g/mol. The molecule has 0 fully saturated rings.